The minimum absolute atomic E-state index is 0.215. The Balaban J connectivity index is 1.69. The van der Waals surface area contributed by atoms with Gasteiger partial charge in [0, 0.05) is 30.7 Å². The molecule has 102 valence electrons. The molecule has 2 bridgehead atoms. The average Bonchev–Trinajstić information content (AvgIpc) is 2.78. The van der Waals surface area contributed by atoms with Crippen molar-refractivity contribution >= 4 is 5.78 Å². The van der Waals surface area contributed by atoms with Gasteiger partial charge in [-0.05, 0) is 31.2 Å². The van der Waals surface area contributed by atoms with Gasteiger partial charge in [0.15, 0.2) is 5.78 Å². The van der Waals surface area contributed by atoms with Crippen molar-refractivity contribution in [2.24, 2.45) is 5.92 Å². The first-order valence-corrected chi connectivity index (χ1v) is 7.14. The van der Waals surface area contributed by atoms with Crippen LogP contribution in [0.2, 0.25) is 0 Å². The van der Waals surface area contributed by atoms with Gasteiger partial charge >= 0.3 is 0 Å². The summed E-state index contributed by atoms with van der Waals surface area (Å²) in [7, 11) is 1.68. The lowest BCUT2D eigenvalue weighted by Crippen LogP contribution is -2.40. The van der Waals surface area contributed by atoms with Crippen LogP contribution in [0.4, 0.5) is 0 Å². The van der Waals surface area contributed by atoms with Gasteiger partial charge in [-0.15, -0.1) is 0 Å². The maximum absolute atomic E-state index is 12.5. The van der Waals surface area contributed by atoms with Crippen molar-refractivity contribution < 1.29 is 9.53 Å². The summed E-state index contributed by atoms with van der Waals surface area (Å²) in [6, 6.07) is 9.01. The zero-order valence-corrected chi connectivity index (χ0v) is 11.4. The van der Waals surface area contributed by atoms with Crippen molar-refractivity contribution in [1.82, 2.24) is 5.32 Å². The monoisotopic (exact) mass is 259 g/mol. The highest BCUT2D eigenvalue weighted by Crippen LogP contribution is 2.32. The molecule has 1 N–H and O–H groups in total. The van der Waals surface area contributed by atoms with Gasteiger partial charge in [-0.2, -0.15) is 0 Å². The fraction of sp³-hybridized carbons (Fsp3) is 0.562. The quantitative estimate of drug-likeness (QED) is 0.844. The molecule has 0 saturated carbocycles. The molecule has 2 atom stereocenters. The normalized spacial score (nSPS) is 29.4. The minimum atomic E-state index is 0.215. The number of nitrogens with one attached hydrogen (secondary N) is 1. The second kappa shape index (κ2) is 5.43. The highest BCUT2D eigenvalue weighted by Gasteiger charge is 2.36. The van der Waals surface area contributed by atoms with Gasteiger partial charge in [-0.1, -0.05) is 24.3 Å². The lowest BCUT2D eigenvalue weighted by atomic mass is 9.86. The van der Waals surface area contributed by atoms with Crippen LogP contribution in [0.5, 0.6) is 0 Å². The van der Waals surface area contributed by atoms with Crippen LogP contribution in [0.1, 0.15) is 41.6 Å². The molecule has 2 fully saturated rings. The van der Waals surface area contributed by atoms with Crippen LogP contribution in [0.15, 0.2) is 24.3 Å². The molecule has 0 aromatic heterocycles. The molecule has 2 saturated heterocycles. The van der Waals surface area contributed by atoms with E-state index >= 15 is 0 Å². The van der Waals surface area contributed by atoms with E-state index in [0.29, 0.717) is 24.5 Å². The molecule has 2 aliphatic heterocycles. The van der Waals surface area contributed by atoms with E-state index in [1.807, 2.05) is 24.3 Å². The Morgan fingerprint density at radius 1 is 1.21 bits per heavy atom. The van der Waals surface area contributed by atoms with E-state index in [2.05, 4.69) is 5.32 Å². The van der Waals surface area contributed by atoms with E-state index in [-0.39, 0.29) is 5.92 Å². The fourth-order valence-corrected chi connectivity index (χ4v) is 3.44. The second-order valence-electron chi connectivity index (χ2n) is 5.80. The number of ether oxygens (including phenoxy) is 1. The van der Waals surface area contributed by atoms with E-state index in [4.69, 9.17) is 4.74 Å². The number of piperidine rings is 1. The molecule has 0 spiro atoms. The maximum Gasteiger partial charge on any atom is 0.166 e. The van der Waals surface area contributed by atoms with Crippen molar-refractivity contribution in [2.45, 2.75) is 44.4 Å². The van der Waals surface area contributed by atoms with E-state index in [0.717, 1.165) is 24.0 Å². The van der Waals surface area contributed by atoms with Crippen molar-refractivity contribution in [3.8, 4) is 0 Å². The smallest absolute Gasteiger partial charge is 0.166 e. The first-order chi connectivity index (χ1) is 9.26. The molecule has 2 unspecified atom stereocenters. The SMILES string of the molecule is COCc1ccc(C(=O)C2CC3CCC(C2)N3)cc1. The van der Waals surface area contributed by atoms with E-state index in [9.17, 15) is 4.79 Å². The number of fused-ring (bicyclic) bond motifs is 2. The summed E-state index contributed by atoms with van der Waals surface area (Å²) in [6.07, 6.45) is 4.49. The van der Waals surface area contributed by atoms with Crippen LogP contribution in [0.25, 0.3) is 0 Å². The minimum Gasteiger partial charge on any atom is -0.380 e. The van der Waals surface area contributed by atoms with Gasteiger partial charge in [0.2, 0.25) is 0 Å². The van der Waals surface area contributed by atoms with Crippen LogP contribution in [-0.2, 0) is 11.3 Å². The molecule has 2 aliphatic rings. The number of carbonyl (C=O) groups excluding carboxylic acids is 1. The van der Waals surface area contributed by atoms with Crippen molar-refractivity contribution in [3.05, 3.63) is 35.4 Å². The van der Waals surface area contributed by atoms with Crippen LogP contribution < -0.4 is 5.32 Å². The molecule has 19 heavy (non-hydrogen) atoms. The van der Waals surface area contributed by atoms with Crippen molar-refractivity contribution in [2.75, 3.05) is 7.11 Å². The highest BCUT2D eigenvalue weighted by molar-refractivity contribution is 5.98. The molecule has 3 heteroatoms. The summed E-state index contributed by atoms with van der Waals surface area (Å²) in [5, 5.41) is 3.58. The molecule has 1 aromatic carbocycles. The summed E-state index contributed by atoms with van der Waals surface area (Å²) in [6.45, 7) is 0.603. The number of methoxy groups -OCH3 is 1. The third-order valence-corrected chi connectivity index (χ3v) is 4.39. The summed E-state index contributed by atoms with van der Waals surface area (Å²) in [4.78, 5) is 12.5. The predicted octanol–water partition coefficient (Wildman–Crippen LogP) is 2.55. The largest absolute Gasteiger partial charge is 0.380 e. The van der Waals surface area contributed by atoms with Gasteiger partial charge in [0.25, 0.3) is 0 Å². The summed E-state index contributed by atoms with van der Waals surface area (Å²) < 4.78 is 5.09. The molecule has 0 aliphatic carbocycles. The number of carbonyl (C=O) groups is 1. The summed E-state index contributed by atoms with van der Waals surface area (Å²) >= 11 is 0. The third kappa shape index (κ3) is 2.72. The lowest BCUT2D eigenvalue weighted by molar-refractivity contribution is 0.0875. The number of Topliss-reactive ketones (excluding diaryl/α,β-unsaturated/α-hetero) is 1. The summed E-state index contributed by atoms with van der Waals surface area (Å²) in [5.74, 6) is 0.536. The lowest BCUT2D eigenvalue weighted by Gasteiger charge is -2.28. The molecule has 1 aromatic rings. The Morgan fingerprint density at radius 3 is 2.42 bits per heavy atom. The second-order valence-corrected chi connectivity index (χ2v) is 5.80. The first kappa shape index (κ1) is 12.8. The van der Waals surface area contributed by atoms with Gasteiger partial charge in [-0.3, -0.25) is 4.79 Å². The van der Waals surface area contributed by atoms with E-state index < -0.39 is 0 Å². The summed E-state index contributed by atoms with van der Waals surface area (Å²) in [5.41, 5.74) is 1.97. The molecule has 2 heterocycles. The van der Waals surface area contributed by atoms with Gasteiger partial charge < -0.3 is 10.1 Å². The predicted molar refractivity (Wildman–Crippen MR) is 74.2 cm³/mol. The van der Waals surface area contributed by atoms with Gasteiger partial charge in [0.1, 0.15) is 0 Å². The molecular formula is C16H21NO2. The topological polar surface area (TPSA) is 38.3 Å². The fourth-order valence-electron chi connectivity index (χ4n) is 3.44. The Morgan fingerprint density at radius 2 is 1.84 bits per heavy atom. The maximum atomic E-state index is 12.5. The van der Waals surface area contributed by atoms with Crippen LogP contribution in [-0.4, -0.2) is 25.0 Å². The Bertz CT molecular complexity index is 442. The zero-order valence-electron chi connectivity index (χ0n) is 11.4. The van der Waals surface area contributed by atoms with Crippen LogP contribution >= 0.6 is 0 Å². The van der Waals surface area contributed by atoms with Crippen molar-refractivity contribution in [3.63, 3.8) is 0 Å². The molecule has 3 rings (SSSR count). The number of hydrogen-bond donors (Lipinski definition) is 1. The number of ketones is 1. The number of rotatable bonds is 4. The van der Waals surface area contributed by atoms with Crippen LogP contribution in [0.3, 0.4) is 0 Å². The van der Waals surface area contributed by atoms with Gasteiger partial charge in [-0.25, -0.2) is 0 Å². The zero-order chi connectivity index (χ0) is 13.2. The van der Waals surface area contributed by atoms with Gasteiger partial charge in [0.05, 0.1) is 6.61 Å². The number of benzene rings is 1. The first-order valence-electron chi connectivity index (χ1n) is 7.14. The molecular weight excluding hydrogens is 238 g/mol. The molecule has 0 radical (unpaired) electrons. The Kier molecular flexibility index (Phi) is 3.67. The Labute approximate surface area is 114 Å². The van der Waals surface area contributed by atoms with E-state index in [1.54, 1.807) is 7.11 Å². The average molecular weight is 259 g/mol. The van der Waals surface area contributed by atoms with E-state index in [1.165, 1.54) is 12.8 Å². The van der Waals surface area contributed by atoms with Crippen molar-refractivity contribution in [1.29, 1.82) is 0 Å². The molecule has 3 nitrogen and oxygen atoms in total. The Hall–Kier alpha value is -1.19. The van der Waals surface area contributed by atoms with Crippen LogP contribution in [0, 0.1) is 5.92 Å². The highest BCUT2D eigenvalue weighted by atomic mass is 16.5. The number of hydrogen-bond acceptors (Lipinski definition) is 3. The molecule has 0 amide bonds. The third-order valence-electron chi connectivity index (χ3n) is 4.39. The standard InChI is InChI=1S/C16H21NO2/c1-19-10-11-2-4-12(5-3-11)16(18)13-8-14-6-7-15(9-13)17-14/h2-5,13-15,17H,6-10H2,1H3.